The van der Waals surface area contributed by atoms with E-state index in [1.54, 1.807) is 45.4 Å². The summed E-state index contributed by atoms with van der Waals surface area (Å²) in [5.74, 6) is -2.59. The quantitative estimate of drug-likeness (QED) is 0.260. The van der Waals surface area contributed by atoms with Gasteiger partial charge >= 0.3 is 11.9 Å². The van der Waals surface area contributed by atoms with E-state index in [4.69, 9.17) is 21.1 Å². The highest BCUT2D eigenvalue weighted by Crippen LogP contribution is 2.19. The van der Waals surface area contributed by atoms with Crippen LogP contribution in [0.3, 0.4) is 0 Å². The zero-order valence-electron chi connectivity index (χ0n) is 14.3. The lowest BCUT2D eigenvalue weighted by atomic mass is 10.1. The second kappa shape index (κ2) is 9.03. The number of rotatable bonds is 5. The predicted octanol–water partition coefficient (Wildman–Crippen LogP) is 3.13. The molecule has 0 saturated carbocycles. The van der Waals surface area contributed by atoms with Crippen LogP contribution in [0.15, 0.2) is 23.3 Å². The van der Waals surface area contributed by atoms with Crippen LogP contribution in [0.4, 0.5) is 0 Å². The predicted molar refractivity (Wildman–Crippen MR) is 95.3 cm³/mol. The van der Waals surface area contributed by atoms with Crippen molar-refractivity contribution >= 4 is 40.3 Å². The summed E-state index contributed by atoms with van der Waals surface area (Å²) in [6.07, 6.45) is 3.32. The number of hydrogen-bond acceptors (Lipinski definition) is 7. The van der Waals surface area contributed by atoms with Gasteiger partial charge in [0, 0.05) is 6.20 Å². The molecule has 24 heavy (non-hydrogen) atoms. The molecule has 132 valence electrons. The summed E-state index contributed by atoms with van der Waals surface area (Å²) >= 11 is 6.94. The van der Waals surface area contributed by atoms with Gasteiger partial charge in [-0.2, -0.15) is 0 Å². The minimum absolute atomic E-state index is 0.261. The van der Waals surface area contributed by atoms with Gasteiger partial charge in [0.2, 0.25) is 5.92 Å². The highest BCUT2D eigenvalue weighted by molar-refractivity contribution is 8.13. The highest BCUT2D eigenvalue weighted by Gasteiger charge is 2.36. The van der Waals surface area contributed by atoms with Crippen molar-refractivity contribution in [2.45, 2.75) is 32.9 Å². The zero-order chi connectivity index (χ0) is 18.3. The van der Waals surface area contributed by atoms with Crippen LogP contribution in [0.2, 0.25) is 5.15 Å². The molecule has 0 aliphatic carbocycles. The average Bonchev–Trinajstić information content (AvgIpc) is 2.50. The largest absolute Gasteiger partial charge is 0.468 e. The molecule has 0 aliphatic rings. The van der Waals surface area contributed by atoms with Gasteiger partial charge in [0.1, 0.15) is 10.8 Å². The van der Waals surface area contributed by atoms with E-state index < -0.39 is 23.5 Å². The second-order valence-electron chi connectivity index (χ2n) is 5.84. The molecule has 0 spiro atoms. The highest BCUT2D eigenvalue weighted by atomic mass is 35.5. The molecule has 8 heteroatoms. The summed E-state index contributed by atoms with van der Waals surface area (Å²) < 4.78 is 10.0. The summed E-state index contributed by atoms with van der Waals surface area (Å²) in [4.78, 5) is 32.7. The smallest absolute Gasteiger partial charge is 0.327 e. The van der Waals surface area contributed by atoms with E-state index in [2.05, 4.69) is 9.98 Å². The van der Waals surface area contributed by atoms with Gasteiger partial charge in [-0.25, -0.2) is 4.98 Å². The third-order valence-electron chi connectivity index (χ3n) is 2.74. The van der Waals surface area contributed by atoms with E-state index in [9.17, 15) is 9.59 Å². The summed E-state index contributed by atoms with van der Waals surface area (Å²) in [6, 6.07) is 3.42. The molecule has 0 aromatic carbocycles. The van der Waals surface area contributed by atoms with Crippen molar-refractivity contribution in [1.82, 2.24) is 4.98 Å². The van der Waals surface area contributed by atoms with Gasteiger partial charge in [-0.1, -0.05) is 17.7 Å². The number of nitrogens with zero attached hydrogens (tertiary/aromatic N) is 2. The van der Waals surface area contributed by atoms with Gasteiger partial charge in [0.25, 0.3) is 0 Å². The minimum Gasteiger partial charge on any atom is -0.468 e. The Morgan fingerprint density at radius 2 is 2.00 bits per heavy atom. The summed E-state index contributed by atoms with van der Waals surface area (Å²) in [5, 5.41) is 0.708. The summed E-state index contributed by atoms with van der Waals surface area (Å²) in [7, 11) is 1.22. The molecule has 1 rings (SSSR count). The number of aliphatic imine (C=N–C) groups is 1. The maximum atomic E-state index is 12.4. The van der Waals surface area contributed by atoms with E-state index in [1.165, 1.54) is 18.9 Å². The molecule has 1 heterocycles. The number of carbonyl (C=O) groups is 2. The number of hydrogen-bond donors (Lipinski definition) is 0. The van der Waals surface area contributed by atoms with Crippen molar-refractivity contribution in [1.29, 1.82) is 0 Å². The maximum absolute atomic E-state index is 12.4. The van der Waals surface area contributed by atoms with Crippen LogP contribution >= 0.6 is 23.4 Å². The van der Waals surface area contributed by atoms with Crippen molar-refractivity contribution in [3.05, 3.63) is 29.0 Å². The Morgan fingerprint density at radius 3 is 2.46 bits per heavy atom. The van der Waals surface area contributed by atoms with Crippen molar-refractivity contribution in [2.24, 2.45) is 10.9 Å². The first-order chi connectivity index (χ1) is 11.2. The fraction of sp³-hybridized carbons (Fsp3) is 0.500. The van der Waals surface area contributed by atoms with Crippen LogP contribution in [-0.4, -0.2) is 40.9 Å². The van der Waals surface area contributed by atoms with E-state index in [1.807, 2.05) is 0 Å². The molecule has 0 bridgehead atoms. The molecule has 0 radical (unpaired) electrons. The monoisotopic (exact) mass is 372 g/mol. The zero-order valence-corrected chi connectivity index (χ0v) is 15.9. The number of aromatic nitrogens is 1. The SMILES string of the molecule is COC(=O)C(C(=O)OC(C)(C)C)C(=NCc1ccc(Cl)nc1)SC. The second-order valence-corrected chi connectivity index (χ2v) is 7.05. The fourth-order valence-corrected chi connectivity index (χ4v) is 2.45. The molecular weight excluding hydrogens is 352 g/mol. The number of carbonyl (C=O) groups excluding carboxylic acids is 2. The van der Waals surface area contributed by atoms with Crippen LogP contribution in [-0.2, 0) is 25.6 Å². The van der Waals surface area contributed by atoms with Gasteiger partial charge in [-0.15, -0.1) is 11.8 Å². The fourth-order valence-electron chi connectivity index (χ4n) is 1.72. The van der Waals surface area contributed by atoms with E-state index in [0.717, 1.165) is 5.56 Å². The number of ether oxygens (including phenoxy) is 2. The summed E-state index contributed by atoms with van der Waals surface area (Å²) in [5.41, 5.74) is 0.0891. The number of thioether (sulfide) groups is 1. The molecule has 1 atom stereocenters. The Balaban J connectivity index is 3.03. The van der Waals surface area contributed by atoms with Crippen molar-refractivity contribution < 1.29 is 19.1 Å². The summed E-state index contributed by atoms with van der Waals surface area (Å²) in [6.45, 7) is 5.45. The van der Waals surface area contributed by atoms with Crippen LogP contribution in [0.5, 0.6) is 0 Å². The Bertz CT molecular complexity index is 611. The Kier molecular flexibility index (Phi) is 7.69. The molecule has 0 N–H and O–H groups in total. The van der Waals surface area contributed by atoms with Gasteiger partial charge in [0.05, 0.1) is 18.7 Å². The standard InChI is InChI=1S/C16H21ClN2O4S/c1-16(2,3)23-15(21)12(14(20)22-4)13(24-5)19-9-10-6-7-11(17)18-8-10/h6-8,12H,9H2,1-5H3. The number of pyridine rings is 1. The van der Waals surface area contributed by atoms with E-state index in [0.29, 0.717) is 10.2 Å². The van der Waals surface area contributed by atoms with Crippen LogP contribution in [0.1, 0.15) is 26.3 Å². The lowest BCUT2D eigenvalue weighted by Crippen LogP contribution is -2.37. The van der Waals surface area contributed by atoms with Gasteiger partial charge in [0.15, 0.2) is 0 Å². The molecule has 0 amide bonds. The molecule has 0 fully saturated rings. The molecule has 1 unspecified atom stereocenters. The molecule has 1 aromatic rings. The van der Waals surface area contributed by atoms with Crippen LogP contribution < -0.4 is 0 Å². The number of esters is 2. The first kappa shape index (κ1) is 20.4. The first-order valence-corrected chi connectivity index (χ1v) is 8.77. The van der Waals surface area contributed by atoms with Crippen LogP contribution in [0.25, 0.3) is 0 Å². The maximum Gasteiger partial charge on any atom is 0.327 e. The van der Waals surface area contributed by atoms with Crippen molar-refractivity contribution in [3.63, 3.8) is 0 Å². The van der Waals surface area contributed by atoms with Crippen molar-refractivity contribution in [3.8, 4) is 0 Å². The number of halogens is 1. The molecule has 6 nitrogen and oxygen atoms in total. The van der Waals surface area contributed by atoms with Crippen molar-refractivity contribution in [2.75, 3.05) is 13.4 Å². The molecular formula is C16H21ClN2O4S. The van der Waals surface area contributed by atoms with Gasteiger partial charge < -0.3 is 9.47 Å². The average molecular weight is 373 g/mol. The topological polar surface area (TPSA) is 77.9 Å². The first-order valence-electron chi connectivity index (χ1n) is 7.17. The molecule has 1 aromatic heterocycles. The lowest BCUT2D eigenvalue weighted by Gasteiger charge is -2.23. The minimum atomic E-state index is -1.20. The van der Waals surface area contributed by atoms with Gasteiger partial charge in [-0.05, 0) is 38.7 Å². The Morgan fingerprint density at radius 1 is 1.33 bits per heavy atom. The normalized spacial score (nSPS) is 13.3. The Hall–Kier alpha value is -1.60. The van der Waals surface area contributed by atoms with Crippen LogP contribution in [0, 0.1) is 5.92 Å². The van der Waals surface area contributed by atoms with Gasteiger partial charge in [-0.3, -0.25) is 14.6 Å². The Labute approximate surface area is 151 Å². The molecule has 0 saturated heterocycles. The van der Waals surface area contributed by atoms with E-state index in [-0.39, 0.29) is 6.54 Å². The van der Waals surface area contributed by atoms with E-state index >= 15 is 0 Å². The lowest BCUT2D eigenvalue weighted by molar-refractivity contribution is -0.164. The molecule has 0 aliphatic heterocycles. The number of methoxy groups -OCH3 is 1. The third kappa shape index (κ3) is 6.49. The third-order valence-corrected chi connectivity index (χ3v) is 3.75.